The van der Waals surface area contributed by atoms with Crippen molar-refractivity contribution in [3.8, 4) is 5.75 Å². The first-order valence-electron chi connectivity index (χ1n) is 8.26. The van der Waals surface area contributed by atoms with E-state index in [1.165, 1.54) is 0 Å². The van der Waals surface area contributed by atoms with Crippen LogP contribution in [0.3, 0.4) is 0 Å². The lowest BCUT2D eigenvalue weighted by molar-refractivity contribution is -0.121. The van der Waals surface area contributed by atoms with Crippen molar-refractivity contribution in [1.29, 1.82) is 0 Å². The van der Waals surface area contributed by atoms with Gasteiger partial charge in [0.25, 0.3) is 0 Å². The van der Waals surface area contributed by atoms with E-state index in [1.807, 2.05) is 24.3 Å². The van der Waals surface area contributed by atoms with Crippen molar-refractivity contribution < 1.29 is 9.53 Å². The predicted octanol–water partition coefficient (Wildman–Crippen LogP) is 2.38. The Labute approximate surface area is 133 Å². The van der Waals surface area contributed by atoms with Gasteiger partial charge in [-0.15, -0.1) is 0 Å². The van der Waals surface area contributed by atoms with E-state index >= 15 is 0 Å². The van der Waals surface area contributed by atoms with Crippen LogP contribution in [-0.4, -0.2) is 31.6 Å². The zero-order chi connectivity index (χ0) is 15.9. The van der Waals surface area contributed by atoms with Gasteiger partial charge in [0.2, 0.25) is 5.91 Å². The van der Waals surface area contributed by atoms with Gasteiger partial charge in [-0.2, -0.15) is 0 Å². The first-order chi connectivity index (χ1) is 10.5. The molecule has 2 N–H and O–H groups in total. The highest BCUT2D eigenvalue weighted by Crippen LogP contribution is 2.14. The van der Waals surface area contributed by atoms with Crippen LogP contribution in [0.15, 0.2) is 24.3 Å². The van der Waals surface area contributed by atoms with Crippen LogP contribution in [0.25, 0.3) is 0 Å². The molecular formula is C18H28N2O2. The summed E-state index contributed by atoms with van der Waals surface area (Å²) in [6.45, 7) is 9.11. The molecule has 1 fully saturated rings. The molecule has 2 atom stereocenters. The van der Waals surface area contributed by atoms with Crippen LogP contribution in [-0.2, 0) is 11.2 Å². The van der Waals surface area contributed by atoms with Crippen molar-refractivity contribution in [2.75, 3.05) is 19.7 Å². The van der Waals surface area contributed by atoms with Gasteiger partial charge in [0.1, 0.15) is 5.75 Å². The Balaban J connectivity index is 1.81. The van der Waals surface area contributed by atoms with Gasteiger partial charge in [0.05, 0.1) is 13.0 Å². The second kappa shape index (κ2) is 8.18. The molecule has 1 heterocycles. The number of hydrogen-bond donors (Lipinski definition) is 2. The minimum Gasteiger partial charge on any atom is -0.493 e. The van der Waals surface area contributed by atoms with Crippen LogP contribution in [0.4, 0.5) is 0 Å². The number of amides is 1. The first kappa shape index (κ1) is 16.8. The summed E-state index contributed by atoms with van der Waals surface area (Å²) < 4.78 is 5.66. The van der Waals surface area contributed by atoms with Gasteiger partial charge in [-0.1, -0.05) is 32.9 Å². The summed E-state index contributed by atoms with van der Waals surface area (Å²) in [6, 6.07) is 8.13. The minimum absolute atomic E-state index is 0.106. The lowest BCUT2D eigenvalue weighted by Crippen LogP contribution is -2.48. The number of hydrogen-bond acceptors (Lipinski definition) is 3. The Morgan fingerprint density at radius 2 is 2.09 bits per heavy atom. The van der Waals surface area contributed by atoms with Gasteiger partial charge in [0.15, 0.2) is 0 Å². The number of benzene rings is 1. The average Bonchev–Trinajstić information content (AvgIpc) is 2.49. The fraction of sp³-hybridized carbons (Fsp3) is 0.611. The van der Waals surface area contributed by atoms with E-state index in [4.69, 9.17) is 4.74 Å². The lowest BCUT2D eigenvalue weighted by Gasteiger charge is -2.30. The third-order valence-electron chi connectivity index (χ3n) is 4.00. The SMILES string of the molecule is CC(C)COc1ccc(CC(=O)NC2CCNCC2C)cc1. The van der Waals surface area contributed by atoms with Gasteiger partial charge in [-0.3, -0.25) is 4.79 Å². The quantitative estimate of drug-likeness (QED) is 0.848. The van der Waals surface area contributed by atoms with Crippen molar-refractivity contribution >= 4 is 5.91 Å². The summed E-state index contributed by atoms with van der Waals surface area (Å²) in [4.78, 5) is 12.2. The molecule has 1 aromatic carbocycles. The molecule has 22 heavy (non-hydrogen) atoms. The molecule has 0 aromatic heterocycles. The van der Waals surface area contributed by atoms with Gasteiger partial charge in [-0.25, -0.2) is 0 Å². The Kier molecular flexibility index (Phi) is 6.25. The summed E-state index contributed by atoms with van der Waals surface area (Å²) in [7, 11) is 0. The largest absolute Gasteiger partial charge is 0.493 e. The Hall–Kier alpha value is -1.55. The predicted molar refractivity (Wildman–Crippen MR) is 89.1 cm³/mol. The molecule has 122 valence electrons. The molecule has 1 amide bonds. The Morgan fingerprint density at radius 3 is 2.73 bits per heavy atom. The van der Waals surface area contributed by atoms with Crippen molar-refractivity contribution in [2.24, 2.45) is 11.8 Å². The number of carbonyl (C=O) groups excluding carboxylic acids is 1. The fourth-order valence-electron chi connectivity index (χ4n) is 2.64. The molecule has 1 aliphatic heterocycles. The van der Waals surface area contributed by atoms with Crippen LogP contribution >= 0.6 is 0 Å². The second-order valence-corrected chi connectivity index (χ2v) is 6.67. The smallest absolute Gasteiger partial charge is 0.224 e. The number of rotatable bonds is 6. The molecule has 4 heteroatoms. The summed E-state index contributed by atoms with van der Waals surface area (Å²) in [5, 5.41) is 6.51. The summed E-state index contributed by atoms with van der Waals surface area (Å²) >= 11 is 0. The molecule has 4 nitrogen and oxygen atoms in total. The molecular weight excluding hydrogens is 276 g/mol. The highest BCUT2D eigenvalue weighted by atomic mass is 16.5. The molecule has 0 radical (unpaired) electrons. The van der Waals surface area contributed by atoms with Crippen LogP contribution in [0, 0.1) is 11.8 Å². The standard InChI is InChI=1S/C18H28N2O2/c1-13(2)12-22-16-6-4-15(5-7-16)10-18(21)20-17-8-9-19-11-14(17)3/h4-7,13-14,17,19H,8-12H2,1-3H3,(H,20,21). The Bertz CT molecular complexity index is 470. The molecule has 2 unspecified atom stereocenters. The first-order valence-corrected chi connectivity index (χ1v) is 8.26. The maximum atomic E-state index is 12.2. The van der Waals surface area contributed by atoms with Crippen molar-refractivity contribution in [3.05, 3.63) is 29.8 Å². The van der Waals surface area contributed by atoms with E-state index in [1.54, 1.807) is 0 Å². The van der Waals surface area contributed by atoms with Crippen LogP contribution in [0.1, 0.15) is 32.8 Å². The molecule has 1 saturated heterocycles. The van der Waals surface area contributed by atoms with Gasteiger partial charge < -0.3 is 15.4 Å². The van der Waals surface area contributed by atoms with Crippen molar-refractivity contribution in [3.63, 3.8) is 0 Å². The molecule has 2 rings (SSSR count). The van der Waals surface area contributed by atoms with E-state index in [9.17, 15) is 4.79 Å². The number of carbonyl (C=O) groups is 1. The van der Waals surface area contributed by atoms with Crippen molar-refractivity contribution in [1.82, 2.24) is 10.6 Å². The van der Waals surface area contributed by atoms with E-state index < -0.39 is 0 Å². The minimum atomic E-state index is 0.106. The van der Waals surface area contributed by atoms with Crippen LogP contribution in [0.5, 0.6) is 5.75 Å². The summed E-state index contributed by atoms with van der Waals surface area (Å²) in [5.74, 6) is 1.97. The second-order valence-electron chi connectivity index (χ2n) is 6.67. The third-order valence-corrected chi connectivity index (χ3v) is 4.00. The van der Waals surface area contributed by atoms with Gasteiger partial charge >= 0.3 is 0 Å². The molecule has 0 aliphatic carbocycles. The maximum absolute atomic E-state index is 12.2. The fourth-order valence-corrected chi connectivity index (χ4v) is 2.64. The summed E-state index contributed by atoms with van der Waals surface area (Å²) in [6.07, 6.45) is 1.44. The zero-order valence-corrected chi connectivity index (χ0v) is 13.9. The third kappa shape index (κ3) is 5.34. The van der Waals surface area contributed by atoms with Crippen molar-refractivity contribution in [2.45, 2.75) is 39.7 Å². The maximum Gasteiger partial charge on any atom is 0.224 e. The molecule has 0 spiro atoms. The Morgan fingerprint density at radius 1 is 1.36 bits per heavy atom. The van der Waals surface area contributed by atoms with E-state index in [-0.39, 0.29) is 5.91 Å². The van der Waals surface area contributed by atoms with E-state index in [0.717, 1.165) is 30.8 Å². The lowest BCUT2D eigenvalue weighted by atomic mass is 9.95. The van der Waals surface area contributed by atoms with Gasteiger partial charge in [0, 0.05) is 6.04 Å². The van der Waals surface area contributed by atoms with Crippen LogP contribution in [0.2, 0.25) is 0 Å². The van der Waals surface area contributed by atoms with E-state index in [0.29, 0.717) is 30.9 Å². The van der Waals surface area contributed by atoms with Crippen LogP contribution < -0.4 is 15.4 Å². The van der Waals surface area contributed by atoms with Gasteiger partial charge in [-0.05, 0) is 49.0 Å². The average molecular weight is 304 g/mol. The normalized spacial score (nSPS) is 21.6. The number of nitrogens with one attached hydrogen (secondary N) is 2. The number of ether oxygens (including phenoxy) is 1. The van der Waals surface area contributed by atoms with E-state index in [2.05, 4.69) is 31.4 Å². The summed E-state index contributed by atoms with van der Waals surface area (Å²) in [5.41, 5.74) is 1.02. The number of piperidine rings is 1. The molecule has 1 aliphatic rings. The topological polar surface area (TPSA) is 50.4 Å². The molecule has 0 saturated carbocycles. The molecule has 1 aromatic rings. The molecule has 0 bridgehead atoms. The zero-order valence-electron chi connectivity index (χ0n) is 13.9. The highest BCUT2D eigenvalue weighted by molar-refractivity contribution is 5.78. The monoisotopic (exact) mass is 304 g/mol. The highest BCUT2D eigenvalue weighted by Gasteiger charge is 2.22.